The molecule has 13 heavy (non-hydrogen) atoms. The summed E-state index contributed by atoms with van der Waals surface area (Å²) in [6.07, 6.45) is -0.160. The van der Waals surface area contributed by atoms with Gasteiger partial charge in [-0.2, -0.15) is 0 Å². The van der Waals surface area contributed by atoms with Crippen molar-refractivity contribution in [2.75, 3.05) is 13.2 Å². The molecule has 0 amide bonds. The summed E-state index contributed by atoms with van der Waals surface area (Å²) in [5, 5.41) is 0. The Hall–Kier alpha value is -0.380. The highest BCUT2D eigenvalue weighted by atomic mass is 79.9. The Balaban J connectivity index is 2.25. The fraction of sp³-hybridized carbons (Fsp3) is 0.400. The quantitative estimate of drug-likeness (QED) is 0.755. The van der Waals surface area contributed by atoms with Crippen LogP contribution in [-0.2, 0) is 9.47 Å². The third kappa shape index (κ3) is 1.93. The van der Waals surface area contributed by atoms with Crippen molar-refractivity contribution in [3.8, 4) is 0 Å². The van der Waals surface area contributed by atoms with Gasteiger partial charge in [0.1, 0.15) is 0 Å². The molecule has 0 atom stereocenters. The van der Waals surface area contributed by atoms with E-state index in [9.17, 15) is 0 Å². The summed E-state index contributed by atoms with van der Waals surface area (Å²) < 4.78 is 11.9. The van der Waals surface area contributed by atoms with Crippen LogP contribution in [-0.4, -0.2) is 13.2 Å². The van der Waals surface area contributed by atoms with Gasteiger partial charge in [0, 0.05) is 10.0 Å². The van der Waals surface area contributed by atoms with Gasteiger partial charge in [-0.3, -0.25) is 0 Å². The monoisotopic (exact) mass is 242 g/mol. The molecule has 3 heteroatoms. The Morgan fingerprint density at radius 1 is 1.31 bits per heavy atom. The van der Waals surface area contributed by atoms with Gasteiger partial charge in [0.2, 0.25) is 0 Å². The summed E-state index contributed by atoms with van der Waals surface area (Å²) in [5.74, 6) is 0. The van der Waals surface area contributed by atoms with Gasteiger partial charge < -0.3 is 9.47 Å². The molecule has 1 fully saturated rings. The van der Waals surface area contributed by atoms with Crippen molar-refractivity contribution in [3.63, 3.8) is 0 Å². The molecule has 1 aromatic rings. The van der Waals surface area contributed by atoms with Crippen molar-refractivity contribution in [3.05, 3.63) is 33.8 Å². The molecule has 1 heterocycles. The average molecular weight is 243 g/mol. The van der Waals surface area contributed by atoms with Gasteiger partial charge in [0.25, 0.3) is 0 Å². The zero-order valence-electron chi connectivity index (χ0n) is 7.42. The van der Waals surface area contributed by atoms with Gasteiger partial charge >= 0.3 is 0 Å². The lowest BCUT2D eigenvalue weighted by atomic mass is 10.1. The van der Waals surface area contributed by atoms with Gasteiger partial charge in [-0.05, 0) is 24.6 Å². The molecule has 0 spiro atoms. The number of hydrogen-bond acceptors (Lipinski definition) is 2. The summed E-state index contributed by atoms with van der Waals surface area (Å²) in [4.78, 5) is 0. The van der Waals surface area contributed by atoms with Gasteiger partial charge in [-0.25, -0.2) is 0 Å². The first-order valence-corrected chi connectivity index (χ1v) is 5.06. The highest BCUT2D eigenvalue weighted by Crippen LogP contribution is 2.26. The Kier molecular flexibility index (Phi) is 2.67. The lowest BCUT2D eigenvalue weighted by Gasteiger charge is -2.10. The highest BCUT2D eigenvalue weighted by molar-refractivity contribution is 9.10. The normalized spacial score (nSPS) is 18.0. The SMILES string of the molecule is Cc1cc(C2OCCO2)ccc1Br. The summed E-state index contributed by atoms with van der Waals surface area (Å²) in [6.45, 7) is 3.45. The predicted molar refractivity (Wildman–Crippen MR) is 53.5 cm³/mol. The minimum atomic E-state index is -0.160. The van der Waals surface area contributed by atoms with E-state index in [1.54, 1.807) is 0 Å². The highest BCUT2D eigenvalue weighted by Gasteiger charge is 2.18. The summed E-state index contributed by atoms with van der Waals surface area (Å²) in [5.41, 5.74) is 2.30. The molecule has 0 radical (unpaired) electrons. The van der Waals surface area contributed by atoms with Crippen molar-refractivity contribution < 1.29 is 9.47 Å². The standard InChI is InChI=1S/C10H11BrO2/c1-7-6-8(2-3-9(7)11)10-12-4-5-13-10/h2-3,6,10H,4-5H2,1H3. The second-order valence-corrected chi connectivity index (χ2v) is 3.94. The molecule has 0 bridgehead atoms. The molecule has 2 nitrogen and oxygen atoms in total. The molecule has 1 aliphatic rings. The summed E-state index contributed by atoms with van der Waals surface area (Å²) in [7, 11) is 0. The molecule has 1 aromatic carbocycles. The van der Waals surface area contributed by atoms with Crippen LogP contribution in [0.2, 0.25) is 0 Å². The van der Waals surface area contributed by atoms with Crippen LogP contribution in [0.5, 0.6) is 0 Å². The van der Waals surface area contributed by atoms with E-state index in [-0.39, 0.29) is 6.29 Å². The second-order valence-electron chi connectivity index (χ2n) is 3.08. The average Bonchev–Trinajstić information content (AvgIpc) is 2.62. The lowest BCUT2D eigenvalue weighted by molar-refractivity contribution is -0.0441. The fourth-order valence-electron chi connectivity index (χ4n) is 1.37. The number of rotatable bonds is 1. The van der Waals surface area contributed by atoms with Crippen molar-refractivity contribution in [2.45, 2.75) is 13.2 Å². The molecular formula is C10H11BrO2. The van der Waals surface area contributed by atoms with Crippen molar-refractivity contribution in [1.82, 2.24) is 0 Å². The van der Waals surface area contributed by atoms with E-state index in [1.165, 1.54) is 5.56 Å². The van der Waals surface area contributed by atoms with Crippen molar-refractivity contribution >= 4 is 15.9 Å². The third-order valence-corrected chi connectivity index (χ3v) is 2.97. The lowest BCUT2D eigenvalue weighted by Crippen LogP contribution is -1.98. The maximum absolute atomic E-state index is 5.40. The second kappa shape index (κ2) is 3.78. The molecule has 1 aliphatic heterocycles. The number of aryl methyl sites for hydroxylation is 1. The topological polar surface area (TPSA) is 18.5 Å². The first-order valence-electron chi connectivity index (χ1n) is 4.26. The smallest absolute Gasteiger partial charge is 0.184 e. The van der Waals surface area contributed by atoms with E-state index < -0.39 is 0 Å². The summed E-state index contributed by atoms with van der Waals surface area (Å²) >= 11 is 3.46. The fourth-order valence-corrected chi connectivity index (χ4v) is 1.61. The molecule has 0 saturated carbocycles. The van der Waals surface area contributed by atoms with Gasteiger partial charge in [-0.1, -0.05) is 22.0 Å². The summed E-state index contributed by atoms with van der Waals surface area (Å²) in [6, 6.07) is 6.13. The maximum Gasteiger partial charge on any atom is 0.184 e. The van der Waals surface area contributed by atoms with Crippen molar-refractivity contribution in [2.24, 2.45) is 0 Å². The van der Waals surface area contributed by atoms with Crippen LogP contribution in [0.1, 0.15) is 17.4 Å². The van der Waals surface area contributed by atoms with Crippen LogP contribution < -0.4 is 0 Å². The van der Waals surface area contributed by atoms with Crippen molar-refractivity contribution in [1.29, 1.82) is 0 Å². The van der Waals surface area contributed by atoms with Crippen LogP contribution in [0, 0.1) is 6.92 Å². The zero-order valence-corrected chi connectivity index (χ0v) is 9.00. The van der Waals surface area contributed by atoms with E-state index in [2.05, 4.69) is 28.9 Å². The Labute approximate surface area is 86.0 Å². The molecular weight excluding hydrogens is 232 g/mol. The molecule has 0 aromatic heterocycles. The van der Waals surface area contributed by atoms with Crippen LogP contribution >= 0.6 is 15.9 Å². The third-order valence-electron chi connectivity index (χ3n) is 2.08. The Morgan fingerprint density at radius 2 is 2.00 bits per heavy atom. The molecule has 2 rings (SSSR count). The molecule has 0 aliphatic carbocycles. The zero-order chi connectivity index (χ0) is 9.26. The number of benzene rings is 1. The van der Waals surface area contributed by atoms with E-state index in [4.69, 9.17) is 9.47 Å². The Morgan fingerprint density at radius 3 is 2.62 bits per heavy atom. The van der Waals surface area contributed by atoms with E-state index in [0.717, 1.165) is 10.0 Å². The maximum atomic E-state index is 5.40. The largest absolute Gasteiger partial charge is 0.346 e. The van der Waals surface area contributed by atoms with E-state index in [1.807, 2.05) is 12.1 Å². The number of ether oxygens (including phenoxy) is 2. The predicted octanol–water partition coefficient (Wildman–Crippen LogP) is 2.80. The number of hydrogen-bond donors (Lipinski definition) is 0. The van der Waals surface area contributed by atoms with E-state index in [0.29, 0.717) is 13.2 Å². The molecule has 1 saturated heterocycles. The first-order chi connectivity index (χ1) is 6.27. The van der Waals surface area contributed by atoms with Crippen LogP contribution in [0.15, 0.2) is 22.7 Å². The Bertz CT molecular complexity index is 306. The minimum Gasteiger partial charge on any atom is -0.346 e. The van der Waals surface area contributed by atoms with Gasteiger partial charge in [0.05, 0.1) is 13.2 Å². The van der Waals surface area contributed by atoms with Gasteiger partial charge in [0.15, 0.2) is 6.29 Å². The van der Waals surface area contributed by atoms with Gasteiger partial charge in [-0.15, -0.1) is 0 Å². The van der Waals surface area contributed by atoms with Crippen LogP contribution in [0.3, 0.4) is 0 Å². The number of halogens is 1. The van der Waals surface area contributed by atoms with Crippen LogP contribution in [0.4, 0.5) is 0 Å². The molecule has 0 N–H and O–H groups in total. The van der Waals surface area contributed by atoms with E-state index >= 15 is 0 Å². The molecule has 0 unspecified atom stereocenters. The molecule has 70 valence electrons. The van der Waals surface area contributed by atoms with Crippen LogP contribution in [0.25, 0.3) is 0 Å². The first kappa shape index (κ1) is 9.19. The minimum absolute atomic E-state index is 0.160.